The Bertz CT molecular complexity index is 1140. The minimum Gasteiger partial charge on any atom is -0.486 e. The van der Waals surface area contributed by atoms with Crippen LogP contribution in [-0.2, 0) is 6.61 Å². The Balaban J connectivity index is 1.47. The molecule has 0 spiro atoms. The van der Waals surface area contributed by atoms with Crippen molar-refractivity contribution in [3.05, 3.63) is 65.3 Å². The molecular weight excluding hydrogens is 396 g/mol. The largest absolute Gasteiger partial charge is 0.486 e. The molecule has 0 saturated heterocycles. The third-order valence-corrected chi connectivity index (χ3v) is 6.00. The van der Waals surface area contributed by atoms with E-state index in [-0.39, 0.29) is 6.03 Å². The fraction of sp³-hybridized carbons (Fsp3) is 0.261. The molecule has 0 N–H and O–H groups in total. The maximum Gasteiger partial charge on any atom is 0.344 e. The number of ether oxygens (including phenoxy) is 1. The van der Waals surface area contributed by atoms with Crippen LogP contribution in [0.3, 0.4) is 0 Å². The lowest BCUT2D eigenvalue weighted by Crippen LogP contribution is -2.34. The van der Waals surface area contributed by atoms with Crippen molar-refractivity contribution in [3.8, 4) is 17.0 Å². The molecule has 0 bridgehead atoms. The summed E-state index contributed by atoms with van der Waals surface area (Å²) < 4.78 is 8.53. The maximum absolute atomic E-state index is 12.5. The summed E-state index contributed by atoms with van der Waals surface area (Å²) in [6.07, 6.45) is 1.72. The second-order valence-electron chi connectivity index (χ2n) is 6.94. The molecule has 2 aromatic heterocycles. The first-order valence-corrected chi connectivity index (χ1v) is 10.8. The molecular formula is C23H24N4O2S. The number of fused-ring (bicyclic) bond motifs is 1. The summed E-state index contributed by atoms with van der Waals surface area (Å²) in [5.74, 6) is 0.786. The third-order valence-electron chi connectivity index (χ3n) is 4.99. The van der Waals surface area contributed by atoms with Gasteiger partial charge in [0.2, 0.25) is 0 Å². The van der Waals surface area contributed by atoms with Gasteiger partial charge in [-0.2, -0.15) is 9.78 Å². The van der Waals surface area contributed by atoms with Gasteiger partial charge in [-0.1, -0.05) is 12.1 Å². The molecule has 2 aromatic carbocycles. The molecule has 154 valence electrons. The van der Waals surface area contributed by atoms with Crippen LogP contribution in [0.25, 0.3) is 21.5 Å². The summed E-state index contributed by atoms with van der Waals surface area (Å²) in [6, 6.07) is 15.8. The summed E-state index contributed by atoms with van der Waals surface area (Å²) >= 11 is 1.65. The SMILES string of the molecule is CCN(CC)C(=O)n1ccc(-c2ccc(OCc3nc4ccccc4s3)cc2C)n1. The van der Waals surface area contributed by atoms with E-state index in [0.29, 0.717) is 19.7 Å². The maximum atomic E-state index is 12.5. The molecule has 0 saturated carbocycles. The predicted molar refractivity (Wildman–Crippen MR) is 120 cm³/mol. The Labute approximate surface area is 179 Å². The van der Waals surface area contributed by atoms with Crippen LogP contribution in [0.2, 0.25) is 0 Å². The minimum absolute atomic E-state index is 0.111. The van der Waals surface area contributed by atoms with E-state index in [1.165, 1.54) is 4.68 Å². The fourth-order valence-electron chi connectivity index (χ4n) is 3.35. The highest BCUT2D eigenvalue weighted by Crippen LogP contribution is 2.27. The molecule has 0 aliphatic rings. The van der Waals surface area contributed by atoms with Gasteiger partial charge in [0.1, 0.15) is 17.4 Å². The van der Waals surface area contributed by atoms with Crippen LogP contribution < -0.4 is 4.74 Å². The van der Waals surface area contributed by atoms with Gasteiger partial charge in [-0.15, -0.1) is 11.3 Å². The van der Waals surface area contributed by atoms with Crippen molar-refractivity contribution in [1.82, 2.24) is 19.7 Å². The molecule has 4 rings (SSSR count). The minimum atomic E-state index is -0.111. The first-order valence-electron chi connectivity index (χ1n) is 10.0. The van der Waals surface area contributed by atoms with Gasteiger partial charge in [0.25, 0.3) is 0 Å². The summed E-state index contributed by atoms with van der Waals surface area (Å²) in [4.78, 5) is 18.8. The van der Waals surface area contributed by atoms with Crippen LogP contribution >= 0.6 is 11.3 Å². The highest BCUT2D eigenvalue weighted by atomic mass is 32.1. The van der Waals surface area contributed by atoms with E-state index < -0.39 is 0 Å². The molecule has 7 heteroatoms. The van der Waals surface area contributed by atoms with Crippen molar-refractivity contribution in [3.63, 3.8) is 0 Å². The van der Waals surface area contributed by atoms with Gasteiger partial charge in [-0.05, 0) is 62.7 Å². The van der Waals surface area contributed by atoms with E-state index in [4.69, 9.17) is 4.74 Å². The second kappa shape index (κ2) is 8.67. The quantitative estimate of drug-likeness (QED) is 0.421. The van der Waals surface area contributed by atoms with Crippen LogP contribution in [0.5, 0.6) is 5.75 Å². The molecule has 0 radical (unpaired) electrons. The van der Waals surface area contributed by atoms with Crippen molar-refractivity contribution in [2.24, 2.45) is 0 Å². The number of thiazole rings is 1. The summed E-state index contributed by atoms with van der Waals surface area (Å²) in [5, 5.41) is 5.43. The number of aromatic nitrogens is 3. The van der Waals surface area contributed by atoms with Gasteiger partial charge >= 0.3 is 6.03 Å². The number of carbonyl (C=O) groups is 1. The number of benzene rings is 2. The molecule has 2 heterocycles. The van der Waals surface area contributed by atoms with Gasteiger partial charge in [-0.25, -0.2) is 9.78 Å². The van der Waals surface area contributed by atoms with Gasteiger partial charge in [-0.3, -0.25) is 0 Å². The Kier molecular flexibility index (Phi) is 5.81. The van der Waals surface area contributed by atoms with Gasteiger partial charge in [0.05, 0.1) is 15.9 Å². The topological polar surface area (TPSA) is 60.2 Å². The number of nitrogens with zero attached hydrogens (tertiary/aromatic N) is 4. The Hall–Kier alpha value is -3.19. The smallest absolute Gasteiger partial charge is 0.344 e. The molecule has 30 heavy (non-hydrogen) atoms. The lowest BCUT2D eigenvalue weighted by Gasteiger charge is -2.17. The number of amides is 1. The van der Waals surface area contributed by atoms with Crippen LogP contribution in [0.1, 0.15) is 24.4 Å². The molecule has 0 aliphatic heterocycles. The van der Waals surface area contributed by atoms with Gasteiger partial charge in [0, 0.05) is 24.8 Å². The predicted octanol–water partition coefficient (Wildman–Crippen LogP) is 5.36. The normalized spacial score (nSPS) is 11.0. The molecule has 1 amide bonds. The molecule has 6 nitrogen and oxygen atoms in total. The van der Waals surface area contributed by atoms with Crippen molar-refractivity contribution in [1.29, 1.82) is 0 Å². The van der Waals surface area contributed by atoms with Crippen LogP contribution in [0.15, 0.2) is 54.7 Å². The molecule has 0 atom stereocenters. The summed E-state index contributed by atoms with van der Waals surface area (Å²) in [7, 11) is 0. The van der Waals surface area contributed by atoms with Crippen molar-refractivity contribution in [2.45, 2.75) is 27.4 Å². The first kappa shape index (κ1) is 20.1. The summed E-state index contributed by atoms with van der Waals surface area (Å²) in [6.45, 7) is 7.69. The molecule has 4 aromatic rings. The zero-order valence-electron chi connectivity index (χ0n) is 17.3. The van der Waals surface area contributed by atoms with Gasteiger partial charge in [0.15, 0.2) is 0 Å². The monoisotopic (exact) mass is 420 g/mol. The number of aryl methyl sites for hydroxylation is 1. The third kappa shape index (κ3) is 4.07. The van der Waals surface area contributed by atoms with E-state index >= 15 is 0 Å². The van der Waals surface area contributed by atoms with Gasteiger partial charge < -0.3 is 9.64 Å². The van der Waals surface area contributed by atoms with Crippen molar-refractivity contribution < 1.29 is 9.53 Å². The Morgan fingerprint density at radius 2 is 1.93 bits per heavy atom. The second-order valence-corrected chi connectivity index (χ2v) is 8.06. The number of para-hydroxylation sites is 1. The zero-order valence-corrected chi connectivity index (χ0v) is 18.1. The van der Waals surface area contributed by atoms with Crippen LogP contribution in [0, 0.1) is 6.92 Å². The Morgan fingerprint density at radius 1 is 1.13 bits per heavy atom. The lowest BCUT2D eigenvalue weighted by molar-refractivity contribution is 0.202. The Morgan fingerprint density at radius 3 is 2.67 bits per heavy atom. The number of hydrogen-bond acceptors (Lipinski definition) is 5. The number of hydrogen-bond donors (Lipinski definition) is 0. The van der Waals surface area contributed by atoms with E-state index in [1.54, 1.807) is 22.4 Å². The average Bonchev–Trinajstić information content (AvgIpc) is 3.40. The number of rotatable bonds is 6. The molecule has 0 unspecified atom stereocenters. The molecule has 0 fully saturated rings. The van der Waals surface area contributed by atoms with E-state index in [9.17, 15) is 4.79 Å². The van der Waals surface area contributed by atoms with Crippen molar-refractivity contribution >= 4 is 27.6 Å². The molecule has 0 aliphatic carbocycles. The van der Waals surface area contributed by atoms with Crippen LogP contribution in [0.4, 0.5) is 4.79 Å². The highest BCUT2D eigenvalue weighted by Gasteiger charge is 2.15. The fourth-order valence-corrected chi connectivity index (χ4v) is 4.23. The first-order chi connectivity index (χ1) is 14.6. The van der Waals surface area contributed by atoms with Crippen molar-refractivity contribution in [2.75, 3.05) is 13.1 Å². The highest BCUT2D eigenvalue weighted by molar-refractivity contribution is 7.18. The van der Waals surface area contributed by atoms with E-state index in [1.807, 2.05) is 63.2 Å². The van der Waals surface area contributed by atoms with E-state index in [0.717, 1.165) is 37.8 Å². The number of carbonyl (C=O) groups excluding carboxylic acids is 1. The standard InChI is InChI=1S/C23H24N4O2S/c1-4-26(5-2)23(28)27-13-12-19(25-27)18-11-10-17(14-16(18)3)29-15-22-24-20-8-6-7-9-21(20)30-22/h6-14H,4-5,15H2,1-3H3. The summed E-state index contributed by atoms with van der Waals surface area (Å²) in [5.41, 5.74) is 3.79. The van der Waals surface area contributed by atoms with E-state index in [2.05, 4.69) is 16.1 Å². The lowest BCUT2D eigenvalue weighted by atomic mass is 10.1. The average molecular weight is 421 g/mol. The van der Waals surface area contributed by atoms with Crippen LogP contribution in [-0.4, -0.2) is 38.8 Å². The zero-order chi connectivity index (χ0) is 21.1.